The summed E-state index contributed by atoms with van der Waals surface area (Å²) in [5, 5.41) is 6.87. The molecule has 0 aliphatic rings. The number of guanidine groups is 1. The quantitative estimate of drug-likeness (QED) is 0.394. The molecule has 0 radical (unpaired) electrons. The van der Waals surface area contributed by atoms with Gasteiger partial charge in [0.1, 0.15) is 0 Å². The molecule has 6 nitrogen and oxygen atoms in total. The van der Waals surface area contributed by atoms with Gasteiger partial charge in [0.25, 0.3) is 0 Å². The molecule has 0 amide bonds. The van der Waals surface area contributed by atoms with Gasteiger partial charge in [0.05, 0.1) is 5.75 Å². The molecule has 118 valence electrons. The van der Waals surface area contributed by atoms with Crippen molar-refractivity contribution < 1.29 is 8.42 Å². The zero-order chi connectivity index (χ0) is 15.7. The van der Waals surface area contributed by atoms with E-state index >= 15 is 0 Å². The lowest BCUT2D eigenvalue weighted by Crippen LogP contribution is -2.41. The first-order chi connectivity index (χ1) is 9.96. The summed E-state index contributed by atoms with van der Waals surface area (Å²) in [6.45, 7) is 2.98. The van der Waals surface area contributed by atoms with Crippen LogP contribution in [0.3, 0.4) is 0 Å². The van der Waals surface area contributed by atoms with Gasteiger partial charge < -0.3 is 10.6 Å². The van der Waals surface area contributed by atoms with Crippen molar-refractivity contribution in [1.82, 2.24) is 15.4 Å². The van der Waals surface area contributed by atoms with Gasteiger partial charge in [-0.3, -0.25) is 4.99 Å². The molecule has 0 aliphatic heterocycles. The SMILES string of the molecule is CCS(=O)(=O)NCCNC(=NC)NCc1ccc(Cl)cc1. The predicted molar refractivity (Wildman–Crippen MR) is 87.1 cm³/mol. The largest absolute Gasteiger partial charge is 0.355 e. The number of hydrogen-bond acceptors (Lipinski definition) is 3. The molecule has 21 heavy (non-hydrogen) atoms. The molecule has 3 N–H and O–H groups in total. The highest BCUT2D eigenvalue weighted by atomic mass is 35.5. The molecule has 0 spiro atoms. The fourth-order valence-electron chi connectivity index (χ4n) is 1.50. The fourth-order valence-corrected chi connectivity index (χ4v) is 2.24. The number of rotatable bonds is 7. The maximum atomic E-state index is 11.3. The van der Waals surface area contributed by atoms with Gasteiger partial charge in [-0.15, -0.1) is 0 Å². The molecule has 0 aromatic heterocycles. The number of aliphatic imine (C=N–C) groups is 1. The number of benzene rings is 1. The van der Waals surface area contributed by atoms with Crippen LogP contribution in [0.2, 0.25) is 5.02 Å². The summed E-state index contributed by atoms with van der Waals surface area (Å²) >= 11 is 5.82. The van der Waals surface area contributed by atoms with Gasteiger partial charge in [0.15, 0.2) is 5.96 Å². The van der Waals surface area contributed by atoms with Gasteiger partial charge in [-0.1, -0.05) is 23.7 Å². The van der Waals surface area contributed by atoms with Crippen molar-refractivity contribution in [1.29, 1.82) is 0 Å². The summed E-state index contributed by atoms with van der Waals surface area (Å²) in [6.07, 6.45) is 0. The molecule has 0 aliphatic carbocycles. The fraction of sp³-hybridized carbons (Fsp3) is 0.462. The lowest BCUT2D eigenvalue weighted by Gasteiger charge is -2.12. The van der Waals surface area contributed by atoms with E-state index in [1.807, 2.05) is 24.3 Å². The van der Waals surface area contributed by atoms with E-state index in [0.717, 1.165) is 5.56 Å². The van der Waals surface area contributed by atoms with E-state index in [2.05, 4.69) is 20.3 Å². The lowest BCUT2D eigenvalue weighted by molar-refractivity contribution is 0.582. The second-order valence-electron chi connectivity index (χ2n) is 4.28. The molecule has 0 heterocycles. The molecular weight excluding hydrogens is 312 g/mol. The maximum absolute atomic E-state index is 11.3. The normalized spacial score (nSPS) is 12.2. The van der Waals surface area contributed by atoms with Crippen molar-refractivity contribution in [3.63, 3.8) is 0 Å². The predicted octanol–water partition coefficient (Wildman–Crippen LogP) is 0.944. The van der Waals surface area contributed by atoms with Crippen molar-refractivity contribution >= 4 is 27.6 Å². The van der Waals surface area contributed by atoms with Gasteiger partial charge in [0.2, 0.25) is 10.0 Å². The van der Waals surface area contributed by atoms with Gasteiger partial charge in [-0.25, -0.2) is 13.1 Å². The first-order valence-electron chi connectivity index (χ1n) is 6.63. The van der Waals surface area contributed by atoms with Crippen LogP contribution >= 0.6 is 11.6 Å². The first kappa shape index (κ1) is 17.7. The van der Waals surface area contributed by atoms with Crippen LogP contribution < -0.4 is 15.4 Å². The maximum Gasteiger partial charge on any atom is 0.211 e. The summed E-state index contributed by atoms with van der Waals surface area (Å²) in [5.41, 5.74) is 1.08. The van der Waals surface area contributed by atoms with Crippen LogP contribution in [-0.4, -0.2) is 40.3 Å². The third kappa shape index (κ3) is 7.31. The third-order valence-corrected chi connectivity index (χ3v) is 4.37. The summed E-state index contributed by atoms with van der Waals surface area (Å²) in [4.78, 5) is 4.07. The Balaban J connectivity index is 2.31. The summed E-state index contributed by atoms with van der Waals surface area (Å²) < 4.78 is 25.0. The van der Waals surface area contributed by atoms with Crippen molar-refractivity contribution in [3.8, 4) is 0 Å². The van der Waals surface area contributed by atoms with E-state index in [-0.39, 0.29) is 5.75 Å². The average Bonchev–Trinajstić information content (AvgIpc) is 2.48. The molecule has 0 atom stereocenters. The Kier molecular flexibility index (Phi) is 7.49. The van der Waals surface area contributed by atoms with Gasteiger partial charge >= 0.3 is 0 Å². The Morgan fingerprint density at radius 2 is 1.86 bits per heavy atom. The number of nitrogens with zero attached hydrogens (tertiary/aromatic N) is 1. The second-order valence-corrected chi connectivity index (χ2v) is 6.81. The highest BCUT2D eigenvalue weighted by Crippen LogP contribution is 2.08. The highest BCUT2D eigenvalue weighted by molar-refractivity contribution is 7.89. The Morgan fingerprint density at radius 3 is 2.43 bits per heavy atom. The van der Waals surface area contributed by atoms with Crippen molar-refractivity contribution in [2.75, 3.05) is 25.9 Å². The van der Waals surface area contributed by atoms with Crippen LogP contribution in [0.1, 0.15) is 12.5 Å². The van der Waals surface area contributed by atoms with Crippen LogP contribution in [0, 0.1) is 0 Å². The van der Waals surface area contributed by atoms with Crippen molar-refractivity contribution in [2.24, 2.45) is 4.99 Å². The minimum Gasteiger partial charge on any atom is -0.355 e. The van der Waals surface area contributed by atoms with Crippen LogP contribution in [0.4, 0.5) is 0 Å². The minimum absolute atomic E-state index is 0.0799. The van der Waals surface area contributed by atoms with Crippen LogP contribution in [0.25, 0.3) is 0 Å². The number of halogens is 1. The first-order valence-corrected chi connectivity index (χ1v) is 8.66. The monoisotopic (exact) mass is 332 g/mol. The zero-order valence-electron chi connectivity index (χ0n) is 12.2. The molecule has 0 unspecified atom stereocenters. The van der Waals surface area contributed by atoms with Gasteiger partial charge in [0, 0.05) is 31.7 Å². The van der Waals surface area contributed by atoms with E-state index in [9.17, 15) is 8.42 Å². The molecule has 1 aromatic rings. The Bertz CT molecular complexity index is 558. The number of nitrogens with one attached hydrogen (secondary N) is 3. The summed E-state index contributed by atoms with van der Waals surface area (Å²) in [6, 6.07) is 7.51. The number of hydrogen-bond donors (Lipinski definition) is 3. The van der Waals surface area contributed by atoms with E-state index in [1.54, 1.807) is 14.0 Å². The topological polar surface area (TPSA) is 82.6 Å². The van der Waals surface area contributed by atoms with Gasteiger partial charge in [-0.05, 0) is 24.6 Å². The van der Waals surface area contributed by atoms with E-state index in [1.165, 1.54) is 0 Å². The molecule has 0 fully saturated rings. The number of sulfonamides is 1. The highest BCUT2D eigenvalue weighted by Gasteiger charge is 2.05. The molecule has 0 saturated heterocycles. The molecule has 8 heteroatoms. The average molecular weight is 333 g/mol. The molecule has 1 rings (SSSR count). The third-order valence-electron chi connectivity index (χ3n) is 2.72. The Morgan fingerprint density at radius 1 is 1.19 bits per heavy atom. The van der Waals surface area contributed by atoms with Crippen molar-refractivity contribution in [2.45, 2.75) is 13.5 Å². The summed E-state index contributed by atoms with van der Waals surface area (Å²) in [7, 11) is -1.49. The van der Waals surface area contributed by atoms with Gasteiger partial charge in [-0.2, -0.15) is 0 Å². The van der Waals surface area contributed by atoms with Crippen LogP contribution in [0.15, 0.2) is 29.3 Å². The molecule has 0 bridgehead atoms. The van der Waals surface area contributed by atoms with E-state index in [0.29, 0.717) is 30.6 Å². The zero-order valence-corrected chi connectivity index (χ0v) is 13.8. The van der Waals surface area contributed by atoms with Crippen LogP contribution in [0.5, 0.6) is 0 Å². The van der Waals surface area contributed by atoms with Crippen LogP contribution in [-0.2, 0) is 16.6 Å². The Labute approximate surface area is 131 Å². The van der Waals surface area contributed by atoms with Crippen molar-refractivity contribution in [3.05, 3.63) is 34.9 Å². The minimum atomic E-state index is -3.15. The van der Waals surface area contributed by atoms with E-state index < -0.39 is 10.0 Å². The molecule has 0 saturated carbocycles. The summed E-state index contributed by atoms with van der Waals surface area (Å²) in [5.74, 6) is 0.692. The molecular formula is C13H21ClN4O2S. The lowest BCUT2D eigenvalue weighted by atomic mass is 10.2. The second kappa shape index (κ2) is 8.86. The Hall–Kier alpha value is -1.31. The smallest absolute Gasteiger partial charge is 0.211 e. The van der Waals surface area contributed by atoms with E-state index in [4.69, 9.17) is 11.6 Å². The molecule has 1 aromatic carbocycles. The standard InChI is InChI=1S/C13H21ClN4O2S/c1-3-21(19,20)18-9-8-16-13(15-2)17-10-11-4-6-12(14)7-5-11/h4-7,18H,3,8-10H2,1-2H3,(H2,15,16,17).